The number of imidazole rings is 1. The number of anilines is 1. The van der Waals surface area contributed by atoms with Crippen molar-refractivity contribution in [2.75, 3.05) is 5.32 Å². The molecule has 100 valence electrons. The lowest BCUT2D eigenvalue weighted by Gasteiger charge is -2.11. The van der Waals surface area contributed by atoms with Gasteiger partial charge in [-0.3, -0.25) is 4.79 Å². The van der Waals surface area contributed by atoms with Gasteiger partial charge in [0.2, 0.25) is 0 Å². The highest BCUT2D eigenvalue weighted by molar-refractivity contribution is 9.10. The molecule has 2 aromatic heterocycles. The van der Waals surface area contributed by atoms with Crippen LogP contribution in [0.2, 0.25) is 0 Å². The van der Waals surface area contributed by atoms with Crippen molar-refractivity contribution in [2.24, 2.45) is 0 Å². The van der Waals surface area contributed by atoms with Crippen molar-refractivity contribution in [3.63, 3.8) is 0 Å². The number of nitrogens with zero attached hydrogens (tertiary/aromatic N) is 2. The van der Waals surface area contributed by atoms with E-state index in [1.54, 1.807) is 12.3 Å². The van der Waals surface area contributed by atoms with Gasteiger partial charge in [-0.15, -0.1) is 0 Å². The van der Waals surface area contributed by atoms with Crippen LogP contribution in [0.25, 0.3) is 5.65 Å². The normalized spacial score (nSPS) is 10.7. The molecule has 0 fully saturated rings. The second-order valence-corrected chi connectivity index (χ2v) is 5.28. The summed E-state index contributed by atoms with van der Waals surface area (Å²) in [4.78, 5) is 16.5. The van der Waals surface area contributed by atoms with Gasteiger partial charge in [-0.1, -0.05) is 12.1 Å². The molecule has 3 aromatic rings. The van der Waals surface area contributed by atoms with Gasteiger partial charge in [0.15, 0.2) is 0 Å². The minimum absolute atomic E-state index is 0.139. The second-order valence-electron chi connectivity index (χ2n) is 4.42. The molecule has 0 saturated heterocycles. The molecule has 0 radical (unpaired) electrons. The van der Waals surface area contributed by atoms with Crippen molar-refractivity contribution in [1.82, 2.24) is 9.38 Å². The fourth-order valence-electron chi connectivity index (χ4n) is 2.10. The number of aryl methyl sites for hydroxylation is 1. The largest absolute Gasteiger partial charge is 0.320 e. The third kappa shape index (κ3) is 2.20. The van der Waals surface area contributed by atoms with E-state index in [9.17, 15) is 4.79 Å². The number of fused-ring (bicyclic) bond motifs is 1. The molecular weight excluding hydrogens is 318 g/mol. The second kappa shape index (κ2) is 5.09. The zero-order valence-electron chi connectivity index (χ0n) is 10.8. The van der Waals surface area contributed by atoms with Crippen molar-refractivity contribution < 1.29 is 4.79 Å². The van der Waals surface area contributed by atoms with E-state index in [4.69, 9.17) is 0 Å². The highest BCUT2D eigenvalue weighted by Crippen LogP contribution is 2.20. The lowest BCUT2D eigenvalue weighted by molar-refractivity contribution is 0.102. The average Bonchev–Trinajstić information content (AvgIpc) is 2.91. The summed E-state index contributed by atoms with van der Waals surface area (Å²) in [6.07, 6.45) is 3.61. The summed E-state index contributed by atoms with van der Waals surface area (Å²) in [5.74, 6) is -0.139. The lowest BCUT2D eigenvalue weighted by atomic mass is 10.2. The van der Waals surface area contributed by atoms with Gasteiger partial charge in [0, 0.05) is 22.6 Å². The topological polar surface area (TPSA) is 46.4 Å². The molecular formula is C15H12BrN3O. The summed E-state index contributed by atoms with van der Waals surface area (Å²) >= 11 is 3.39. The molecule has 20 heavy (non-hydrogen) atoms. The first-order chi connectivity index (χ1) is 9.66. The van der Waals surface area contributed by atoms with Crippen LogP contribution in [0.3, 0.4) is 0 Å². The number of nitrogens with one attached hydrogen (secondary N) is 1. The zero-order valence-corrected chi connectivity index (χ0v) is 12.4. The number of carbonyl (C=O) groups is 1. The van der Waals surface area contributed by atoms with Gasteiger partial charge in [-0.05, 0) is 47.1 Å². The maximum Gasteiger partial charge on any atom is 0.256 e. The Labute approximate surface area is 124 Å². The molecule has 1 N–H and O–H groups in total. The lowest BCUT2D eigenvalue weighted by Crippen LogP contribution is -2.14. The van der Waals surface area contributed by atoms with Crippen molar-refractivity contribution in [2.45, 2.75) is 6.92 Å². The van der Waals surface area contributed by atoms with Crippen LogP contribution >= 0.6 is 15.9 Å². The quantitative estimate of drug-likeness (QED) is 0.779. The fraction of sp³-hybridized carbons (Fsp3) is 0.0667. The van der Waals surface area contributed by atoms with E-state index in [2.05, 4.69) is 26.2 Å². The predicted molar refractivity (Wildman–Crippen MR) is 82.0 cm³/mol. The molecule has 0 aliphatic heterocycles. The molecule has 0 unspecified atom stereocenters. The maximum absolute atomic E-state index is 12.3. The fourth-order valence-corrected chi connectivity index (χ4v) is 2.56. The summed E-state index contributed by atoms with van der Waals surface area (Å²) in [6, 6.07) is 11.1. The SMILES string of the molecule is Cc1c(NC(=O)c2ccccc2Br)ccc2nccn12. The molecule has 3 rings (SSSR count). The molecule has 0 aliphatic carbocycles. The van der Waals surface area contributed by atoms with Crippen LogP contribution in [0.1, 0.15) is 16.1 Å². The highest BCUT2D eigenvalue weighted by atomic mass is 79.9. The predicted octanol–water partition coefficient (Wildman–Crippen LogP) is 3.66. The number of hydrogen-bond donors (Lipinski definition) is 1. The first-order valence-corrected chi connectivity index (χ1v) is 6.94. The van der Waals surface area contributed by atoms with Gasteiger partial charge in [0.25, 0.3) is 5.91 Å². The van der Waals surface area contributed by atoms with Crippen LogP contribution in [0.4, 0.5) is 5.69 Å². The van der Waals surface area contributed by atoms with Crippen molar-refractivity contribution >= 4 is 33.2 Å². The van der Waals surface area contributed by atoms with E-state index in [-0.39, 0.29) is 5.91 Å². The van der Waals surface area contributed by atoms with E-state index >= 15 is 0 Å². The Balaban J connectivity index is 1.95. The van der Waals surface area contributed by atoms with Crippen molar-refractivity contribution in [3.05, 3.63) is 64.5 Å². The van der Waals surface area contributed by atoms with Gasteiger partial charge < -0.3 is 9.72 Å². The van der Waals surface area contributed by atoms with Crippen LogP contribution in [-0.4, -0.2) is 15.3 Å². The molecule has 5 heteroatoms. The Morgan fingerprint density at radius 2 is 2.05 bits per heavy atom. The standard InChI is InChI=1S/C15H12BrN3O/c1-10-13(6-7-14-17-8-9-19(10)14)18-15(20)11-4-2-3-5-12(11)16/h2-9H,1H3,(H,18,20). The maximum atomic E-state index is 12.3. The monoisotopic (exact) mass is 329 g/mol. The molecule has 0 saturated carbocycles. The molecule has 4 nitrogen and oxygen atoms in total. The smallest absolute Gasteiger partial charge is 0.256 e. The number of halogens is 1. The molecule has 0 atom stereocenters. The third-order valence-corrected chi connectivity index (χ3v) is 3.88. The first-order valence-electron chi connectivity index (χ1n) is 6.15. The van der Waals surface area contributed by atoms with Crippen LogP contribution < -0.4 is 5.32 Å². The number of aromatic nitrogens is 2. The van der Waals surface area contributed by atoms with Gasteiger partial charge in [0.05, 0.1) is 11.3 Å². The Kier molecular flexibility index (Phi) is 3.28. The van der Waals surface area contributed by atoms with E-state index in [0.29, 0.717) is 5.56 Å². The molecule has 0 aliphatic rings. The summed E-state index contributed by atoms with van der Waals surface area (Å²) in [5.41, 5.74) is 3.19. The Morgan fingerprint density at radius 3 is 2.85 bits per heavy atom. The number of rotatable bonds is 2. The third-order valence-electron chi connectivity index (χ3n) is 3.19. The number of benzene rings is 1. The molecule has 0 spiro atoms. The summed E-state index contributed by atoms with van der Waals surface area (Å²) < 4.78 is 2.72. The van der Waals surface area contributed by atoms with E-state index in [1.165, 1.54) is 0 Å². The molecule has 1 amide bonds. The van der Waals surface area contributed by atoms with Gasteiger partial charge in [-0.25, -0.2) is 4.98 Å². The van der Waals surface area contributed by atoms with Crippen molar-refractivity contribution in [3.8, 4) is 0 Å². The Morgan fingerprint density at radius 1 is 1.25 bits per heavy atom. The minimum Gasteiger partial charge on any atom is -0.320 e. The molecule has 1 aromatic carbocycles. The summed E-state index contributed by atoms with van der Waals surface area (Å²) in [7, 11) is 0. The Bertz CT molecular complexity index is 795. The first kappa shape index (κ1) is 12.9. The van der Waals surface area contributed by atoms with Gasteiger partial charge >= 0.3 is 0 Å². The van der Waals surface area contributed by atoms with E-state index in [1.807, 2.05) is 47.9 Å². The average molecular weight is 330 g/mol. The molecule has 2 heterocycles. The number of amides is 1. The summed E-state index contributed by atoms with van der Waals surface area (Å²) in [6.45, 7) is 1.95. The highest BCUT2D eigenvalue weighted by Gasteiger charge is 2.11. The zero-order chi connectivity index (χ0) is 14.1. The Hall–Kier alpha value is -2.14. The van der Waals surface area contributed by atoms with Crippen LogP contribution in [-0.2, 0) is 0 Å². The van der Waals surface area contributed by atoms with E-state index in [0.717, 1.165) is 21.5 Å². The van der Waals surface area contributed by atoms with Crippen LogP contribution in [0.15, 0.2) is 53.3 Å². The molecule has 0 bridgehead atoms. The van der Waals surface area contributed by atoms with Crippen molar-refractivity contribution in [1.29, 1.82) is 0 Å². The summed E-state index contributed by atoms with van der Waals surface area (Å²) in [5, 5.41) is 2.93. The van der Waals surface area contributed by atoms with Crippen LogP contribution in [0, 0.1) is 6.92 Å². The minimum atomic E-state index is -0.139. The number of carbonyl (C=O) groups excluding carboxylic acids is 1. The van der Waals surface area contributed by atoms with Gasteiger partial charge in [-0.2, -0.15) is 0 Å². The number of pyridine rings is 1. The van der Waals surface area contributed by atoms with E-state index < -0.39 is 0 Å². The van der Waals surface area contributed by atoms with Crippen LogP contribution in [0.5, 0.6) is 0 Å². The van der Waals surface area contributed by atoms with Gasteiger partial charge in [0.1, 0.15) is 5.65 Å². The number of hydrogen-bond acceptors (Lipinski definition) is 2.